The van der Waals surface area contributed by atoms with Gasteiger partial charge in [-0.2, -0.15) is 0 Å². The number of carbonyl (C=O) groups excluding carboxylic acids is 1. The van der Waals surface area contributed by atoms with Crippen molar-refractivity contribution < 1.29 is 14.3 Å². The van der Waals surface area contributed by atoms with Gasteiger partial charge in [0.05, 0.1) is 6.10 Å². The Labute approximate surface area is 145 Å². The molecule has 2 heterocycles. The zero-order valence-electron chi connectivity index (χ0n) is 12.6. The maximum atomic E-state index is 12.0. The molecule has 9 heteroatoms. The minimum atomic E-state index is -1.63. The molecule has 22 heavy (non-hydrogen) atoms. The van der Waals surface area contributed by atoms with E-state index in [0.29, 0.717) is 19.7 Å². The van der Waals surface area contributed by atoms with Gasteiger partial charge >= 0.3 is 6.09 Å². The zero-order chi connectivity index (χ0) is 16.2. The molecule has 2 rings (SSSR count). The smallest absolute Gasteiger partial charge is 0.408 e. The fourth-order valence-electron chi connectivity index (χ4n) is 2.56. The van der Waals surface area contributed by atoms with E-state index in [0.717, 1.165) is 25.9 Å². The fourth-order valence-corrected chi connectivity index (χ4v) is 3.14. The maximum Gasteiger partial charge on any atom is 0.408 e. The van der Waals surface area contributed by atoms with Gasteiger partial charge in [-0.3, -0.25) is 4.90 Å². The van der Waals surface area contributed by atoms with Gasteiger partial charge in [-0.25, -0.2) is 4.79 Å². The molecular formula is C13H22Cl3N3O3. The standard InChI is InChI=1S/C13H22Cl3N3O3/c1-18-4-6-19(7-5-18)11(13(14,15)16)17-12(20)22-9-10-3-2-8-21-10/h10-11H,2-9H2,1H3,(H,17,20). The average Bonchev–Trinajstić information content (AvgIpc) is 2.96. The van der Waals surface area contributed by atoms with E-state index in [1.165, 1.54) is 0 Å². The van der Waals surface area contributed by atoms with Crippen LogP contribution in [0.5, 0.6) is 0 Å². The van der Waals surface area contributed by atoms with Crippen molar-refractivity contribution in [1.82, 2.24) is 15.1 Å². The van der Waals surface area contributed by atoms with E-state index in [-0.39, 0.29) is 12.7 Å². The molecule has 0 aliphatic carbocycles. The number of halogens is 3. The normalized spacial score (nSPS) is 25.9. The number of alkyl halides is 3. The maximum absolute atomic E-state index is 12.0. The molecule has 1 amide bonds. The number of carbonyl (C=O) groups is 1. The number of nitrogens with zero attached hydrogens (tertiary/aromatic N) is 2. The number of nitrogens with one attached hydrogen (secondary N) is 1. The Hall–Kier alpha value is 0.0200. The van der Waals surface area contributed by atoms with Crippen molar-refractivity contribution in [2.45, 2.75) is 28.9 Å². The van der Waals surface area contributed by atoms with Crippen LogP contribution in [0.1, 0.15) is 12.8 Å². The Bertz CT molecular complexity index is 367. The van der Waals surface area contributed by atoms with Gasteiger partial charge in [0.2, 0.25) is 3.79 Å². The van der Waals surface area contributed by atoms with E-state index in [1.807, 2.05) is 11.9 Å². The molecule has 2 aliphatic rings. The number of ether oxygens (including phenoxy) is 2. The lowest BCUT2D eigenvalue weighted by atomic mass is 10.2. The summed E-state index contributed by atoms with van der Waals surface area (Å²) in [6, 6.07) is 0. The van der Waals surface area contributed by atoms with Gasteiger partial charge in [0.25, 0.3) is 0 Å². The number of likely N-dealkylation sites (N-methyl/N-ethyl adjacent to an activating group) is 1. The molecule has 0 radical (unpaired) electrons. The number of hydrogen-bond acceptors (Lipinski definition) is 5. The highest BCUT2D eigenvalue weighted by molar-refractivity contribution is 6.68. The molecule has 128 valence electrons. The number of amides is 1. The molecule has 0 bridgehead atoms. The van der Waals surface area contributed by atoms with Crippen LogP contribution in [0.15, 0.2) is 0 Å². The Kier molecular flexibility index (Phi) is 6.86. The van der Waals surface area contributed by atoms with Gasteiger partial charge in [-0.05, 0) is 19.9 Å². The van der Waals surface area contributed by atoms with Crippen LogP contribution in [0.25, 0.3) is 0 Å². The van der Waals surface area contributed by atoms with Crippen molar-refractivity contribution in [2.24, 2.45) is 0 Å². The van der Waals surface area contributed by atoms with Crippen LogP contribution in [0.3, 0.4) is 0 Å². The first-order valence-electron chi connectivity index (χ1n) is 7.40. The van der Waals surface area contributed by atoms with Gasteiger partial charge in [-0.15, -0.1) is 0 Å². The van der Waals surface area contributed by atoms with Crippen LogP contribution in [0, 0.1) is 0 Å². The lowest BCUT2D eigenvalue weighted by molar-refractivity contribution is 0.0359. The third-order valence-electron chi connectivity index (χ3n) is 3.89. The first-order chi connectivity index (χ1) is 10.4. The second kappa shape index (κ2) is 8.22. The summed E-state index contributed by atoms with van der Waals surface area (Å²) >= 11 is 18.1. The number of alkyl carbamates (subject to hydrolysis) is 1. The SMILES string of the molecule is CN1CCN(C(NC(=O)OCC2CCCO2)C(Cl)(Cl)Cl)CC1. The second-order valence-corrected chi connectivity index (χ2v) is 8.03. The first kappa shape index (κ1) is 18.4. The molecule has 2 fully saturated rings. The molecule has 2 aliphatic heterocycles. The summed E-state index contributed by atoms with van der Waals surface area (Å²) < 4.78 is 8.95. The molecular weight excluding hydrogens is 353 g/mol. The van der Waals surface area contributed by atoms with Crippen molar-refractivity contribution in [3.8, 4) is 0 Å². The minimum absolute atomic E-state index is 0.0272. The highest BCUT2D eigenvalue weighted by atomic mass is 35.6. The van der Waals surface area contributed by atoms with E-state index in [9.17, 15) is 4.79 Å². The average molecular weight is 375 g/mol. The van der Waals surface area contributed by atoms with E-state index >= 15 is 0 Å². The predicted octanol–water partition coefficient (Wildman–Crippen LogP) is 1.84. The molecule has 2 unspecified atom stereocenters. The highest BCUT2D eigenvalue weighted by Gasteiger charge is 2.39. The van der Waals surface area contributed by atoms with Crippen molar-refractivity contribution in [1.29, 1.82) is 0 Å². The van der Waals surface area contributed by atoms with Crippen LogP contribution in [0.4, 0.5) is 4.79 Å². The molecule has 6 nitrogen and oxygen atoms in total. The quantitative estimate of drug-likeness (QED) is 0.761. The molecule has 0 saturated carbocycles. The van der Waals surface area contributed by atoms with Gasteiger partial charge < -0.3 is 19.7 Å². The molecule has 0 aromatic carbocycles. The Morgan fingerprint density at radius 2 is 2.05 bits per heavy atom. The largest absolute Gasteiger partial charge is 0.447 e. The summed E-state index contributed by atoms with van der Waals surface area (Å²) in [6.07, 6.45) is 0.558. The summed E-state index contributed by atoms with van der Waals surface area (Å²) in [5.41, 5.74) is 0. The summed E-state index contributed by atoms with van der Waals surface area (Å²) in [6.45, 7) is 4.06. The number of piperazine rings is 1. The monoisotopic (exact) mass is 373 g/mol. The third-order valence-corrected chi connectivity index (χ3v) is 4.51. The van der Waals surface area contributed by atoms with Gasteiger partial charge in [0, 0.05) is 32.8 Å². The van der Waals surface area contributed by atoms with Crippen molar-refractivity contribution >= 4 is 40.9 Å². The predicted molar refractivity (Wildman–Crippen MR) is 86.6 cm³/mol. The second-order valence-electron chi connectivity index (χ2n) is 5.66. The topological polar surface area (TPSA) is 54.0 Å². The van der Waals surface area contributed by atoms with Crippen LogP contribution in [-0.2, 0) is 9.47 Å². The van der Waals surface area contributed by atoms with E-state index in [2.05, 4.69) is 10.2 Å². The summed E-state index contributed by atoms with van der Waals surface area (Å²) in [5.74, 6) is 0. The van der Waals surface area contributed by atoms with E-state index in [1.54, 1.807) is 0 Å². The fraction of sp³-hybridized carbons (Fsp3) is 0.923. The number of rotatable bonds is 4. The molecule has 0 aromatic heterocycles. The lowest BCUT2D eigenvalue weighted by Crippen LogP contribution is -2.60. The lowest BCUT2D eigenvalue weighted by Gasteiger charge is -2.40. The van der Waals surface area contributed by atoms with Gasteiger partial charge in [-0.1, -0.05) is 34.8 Å². The molecule has 2 atom stereocenters. The molecule has 0 aromatic rings. The Morgan fingerprint density at radius 3 is 2.59 bits per heavy atom. The summed E-state index contributed by atoms with van der Waals surface area (Å²) in [4.78, 5) is 16.1. The molecule has 2 saturated heterocycles. The van der Waals surface area contributed by atoms with Crippen LogP contribution in [-0.4, -0.2) is 78.4 Å². The minimum Gasteiger partial charge on any atom is -0.447 e. The van der Waals surface area contributed by atoms with E-state index in [4.69, 9.17) is 44.3 Å². The molecule has 0 spiro atoms. The van der Waals surface area contributed by atoms with E-state index < -0.39 is 16.1 Å². The van der Waals surface area contributed by atoms with Crippen LogP contribution < -0.4 is 5.32 Å². The van der Waals surface area contributed by atoms with Crippen molar-refractivity contribution in [3.63, 3.8) is 0 Å². The Morgan fingerprint density at radius 1 is 1.36 bits per heavy atom. The molecule has 1 N–H and O–H groups in total. The summed E-state index contributed by atoms with van der Waals surface area (Å²) in [7, 11) is 2.03. The zero-order valence-corrected chi connectivity index (χ0v) is 14.8. The third kappa shape index (κ3) is 5.58. The van der Waals surface area contributed by atoms with Crippen molar-refractivity contribution in [3.05, 3.63) is 0 Å². The number of hydrogen-bond donors (Lipinski definition) is 1. The van der Waals surface area contributed by atoms with Gasteiger partial charge in [0.15, 0.2) is 0 Å². The Balaban J connectivity index is 1.84. The first-order valence-corrected chi connectivity index (χ1v) is 8.54. The van der Waals surface area contributed by atoms with Gasteiger partial charge in [0.1, 0.15) is 12.8 Å². The summed E-state index contributed by atoms with van der Waals surface area (Å²) in [5, 5.41) is 2.66. The van der Waals surface area contributed by atoms with Crippen LogP contribution >= 0.6 is 34.8 Å². The van der Waals surface area contributed by atoms with Crippen LogP contribution in [0.2, 0.25) is 0 Å². The van der Waals surface area contributed by atoms with Crippen molar-refractivity contribution in [2.75, 3.05) is 46.4 Å². The highest BCUT2D eigenvalue weighted by Crippen LogP contribution is 2.32.